The number of rotatable bonds is 5. The van der Waals surface area contributed by atoms with Crippen molar-refractivity contribution >= 4 is 17.6 Å². The molecule has 0 aromatic heterocycles. The van der Waals surface area contributed by atoms with E-state index in [9.17, 15) is 9.90 Å². The van der Waals surface area contributed by atoms with Crippen LogP contribution >= 0.6 is 11.6 Å². The maximum Gasteiger partial charge on any atom is 0.320 e. The second-order valence-electron chi connectivity index (χ2n) is 5.58. The average molecular weight is 312 g/mol. The zero-order valence-electron chi connectivity index (χ0n) is 12.5. The fourth-order valence-corrected chi connectivity index (χ4v) is 3.19. The SMILES string of the molecule is CCC1CCN(Cc2cc(Cl)ccc2OC)C(C(=O)O)C1. The van der Waals surface area contributed by atoms with Crippen LogP contribution in [-0.4, -0.2) is 35.7 Å². The van der Waals surface area contributed by atoms with Crippen LogP contribution in [0.5, 0.6) is 5.75 Å². The van der Waals surface area contributed by atoms with Gasteiger partial charge in [0.2, 0.25) is 0 Å². The molecule has 4 nitrogen and oxygen atoms in total. The molecule has 2 rings (SSSR count). The van der Waals surface area contributed by atoms with Gasteiger partial charge in [-0.3, -0.25) is 9.69 Å². The highest BCUT2D eigenvalue weighted by atomic mass is 35.5. The first-order chi connectivity index (χ1) is 10.0. The third-order valence-electron chi connectivity index (χ3n) is 4.30. The van der Waals surface area contributed by atoms with E-state index >= 15 is 0 Å². The summed E-state index contributed by atoms with van der Waals surface area (Å²) < 4.78 is 5.35. The molecule has 1 aromatic rings. The first-order valence-corrected chi connectivity index (χ1v) is 7.72. The van der Waals surface area contributed by atoms with Gasteiger partial charge >= 0.3 is 5.97 Å². The van der Waals surface area contributed by atoms with E-state index in [4.69, 9.17) is 16.3 Å². The normalized spacial score (nSPS) is 23.0. The van der Waals surface area contributed by atoms with Crippen molar-refractivity contribution < 1.29 is 14.6 Å². The molecule has 0 saturated carbocycles. The van der Waals surface area contributed by atoms with Crippen LogP contribution in [0, 0.1) is 5.92 Å². The average Bonchev–Trinajstić information content (AvgIpc) is 2.47. The van der Waals surface area contributed by atoms with E-state index in [2.05, 4.69) is 6.92 Å². The number of piperidine rings is 1. The molecule has 1 heterocycles. The number of methoxy groups -OCH3 is 1. The van der Waals surface area contributed by atoms with E-state index in [1.54, 1.807) is 13.2 Å². The number of ether oxygens (including phenoxy) is 1. The molecule has 0 spiro atoms. The van der Waals surface area contributed by atoms with Gasteiger partial charge in [0, 0.05) is 17.1 Å². The number of halogens is 1. The summed E-state index contributed by atoms with van der Waals surface area (Å²) in [7, 11) is 1.62. The summed E-state index contributed by atoms with van der Waals surface area (Å²) in [6, 6.07) is 5.03. The number of carboxylic acid groups (broad SMARTS) is 1. The quantitative estimate of drug-likeness (QED) is 0.905. The molecule has 1 aromatic carbocycles. The molecule has 0 aliphatic carbocycles. The lowest BCUT2D eigenvalue weighted by molar-refractivity contribution is -0.145. The lowest BCUT2D eigenvalue weighted by atomic mass is 9.88. The third-order valence-corrected chi connectivity index (χ3v) is 4.54. The molecule has 0 bridgehead atoms. The molecule has 0 radical (unpaired) electrons. The largest absolute Gasteiger partial charge is 0.496 e. The van der Waals surface area contributed by atoms with Crippen LogP contribution in [-0.2, 0) is 11.3 Å². The Morgan fingerprint density at radius 3 is 2.90 bits per heavy atom. The van der Waals surface area contributed by atoms with Crippen molar-refractivity contribution in [2.75, 3.05) is 13.7 Å². The number of likely N-dealkylation sites (tertiary alicyclic amines) is 1. The maximum absolute atomic E-state index is 11.5. The van der Waals surface area contributed by atoms with Gasteiger partial charge in [-0.15, -0.1) is 0 Å². The van der Waals surface area contributed by atoms with Crippen molar-refractivity contribution in [2.24, 2.45) is 5.92 Å². The summed E-state index contributed by atoms with van der Waals surface area (Å²) in [4.78, 5) is 13.6. The molecule has 116 valence electrons. The smallest absolute Gasteiger partial charge is 0.320 e. The topological polar surface area (TPSA) is 49.8 Å². The Kier molecular flexibility index (Phi) is 5.48. The number of aliphatic carboxylic acids is 1. The molecular formula is C16H22ClNO3. The van der Waals surface area contributed by atoms with Gasteiger partial charge < -0.3 is 9.84 Å². The number of hydrogen-bond donors (Lipinski definition) is 1. The molecule has 1 aliphatic heterocycles. The Labute approximate surface area is 130 Å². The Balaban J connectivity index is 2.17. The molecule has 21 heavy (non-hydrogen) atoms. The van der Waals surface area contributed by atoms with Gasteiger partial charge in [0.15, 0.2) is 0 Å². The lowest BCUT2D eigenvalue weighted by Crippen LogP contribution is -2.46. The highest BCUT2D eigenvalue weighted by Crippen LogP contribution is 2.30. The van der Waals surface area contributed by atoms with Gasteiger partial charge in [-0.05, 0) is 43.5 Å². The molecule has 5 heteroatoms. The zero-order chi connectivity index (χ0) is 15.4. The van der Waals surface area contributed by atoms with Crippen LogP contribution in [0.15, 0.2) is 18.2 Å². The minimum Gasteiger partial charge on any atom is -0.496 e. The molecule has 1 saturated heterocycles. The first-order valence-electron chi connectivity index (χ1n) is 7.34. The molecular weight excluding hydrogens is 290 g/mol. The van der Waals surface area contributed by atoms with E-state index in [1.807, 2.05) is 17.0 Å². The van der Waals surface area contributed by atoms with Crippen LogP contribution in [0.2, 0.25) is 5.02 Å². The Bertz CT molecular complexity index is 506. The van der Waals surface area contributed by atoms with Gasteiger partial charge in [-0.1, -0.05) is 24.9 Å². The number of carbonyl (C=O) groups is 1. The predicted molar refractivity (Wildman–Crippen MR) is 82.9 cm³/mol. The van der Waals surface area contributed by atoms with Crippen molar-refractivity contribution in [2.45, 2.75) is 38.8 Å². The second kappa shape index (κ2) is 7.14. The third kappa shape index (κ3) is 3.89. The van der Waals surface area contributed by atoms with Gasteiger partial charge in [-0.2, -0.15) is 0 Å². The van der Waals surface area contributed by atoms with E-state index < -0.39 is 12.0 Å². The maximum atomic E-state index is 11.5. The first kappa shape index (κ1) is 16.1. The summed E-state index contributed by atoms with van der Waals surface area (Å²) in [5.41, 5.74) is 0.936. The minimum absolute atomic E-state index is 0.424. The number of hydrogen-bond acceptors (Lipinski definition) is 3. The van der Waals surface area contributed by atoms with Gasteiger partial charge in [0.25, 0.3) is 0 Å². The van der Waals surface area contributed by atoms with Crippen LogP contribution in [0.3, 0.4) is 0 Å². The summed E-state index contributed by atoms with van der Waals surface area (Å²) >= 11 is 6.05. The summed E-state index contributed by atoms with van der Waals surface area (Å²) in [6.07, 6.45) is 2.80. The predicted octanol–water partition coefficient (Wildman–Crippen LogP) is 3.42. The van der Waals surface area contributed by atoms with Crippen molar-refractivity contribution in [1.82, 2.24) is 4.90 Å². The number of benzene rings is 1. The van der Waals surface area contributed by atoms with Crippen molar-refractivity contribution in [3.63, 3.8) is 0 Å². The second-order valence-corrected chi connectivity index (χ2v) is 6.02. The van der Waals surface area contributed by atoms with E-state index in [0.29, 0.717) is 23.9 Å². The molecule has 2 unspecified atom stereocenters. The molecule has 2 atom stereocenters. The fraction of sp³-hybridized carbons (Fsp3) is 0.562. The molecule has 1 N–H and O–H groups in total. The number of carboxylic acids is 1. The Morgan fingerprint density at radius 1 is 1.52 bits per heavy atom. The summed E-state index contributed by atoms with van der Waals surface area (Å²) in [6.45, 7) is 3.47. The Morgan fingerprint density at radius 2 is 2.29 bits per heavy atom. The van der Waals surface area contributed by atoms with E-state index in [1.165, 1.54) is 0 Å². The van der Waals surface area contributed by atoms with Crippen LogP contribution in [0.4, 0.5) is 0 Å². The fourth-order valence-electron chi connectivity index (χ4n) is 2.99. The number of nitrogens with zero attached hydrogens (tertiary/aromatic N) is 1. The summed E-state index contributed by atoms with van der Waals surface area (Å²) in [5.74, 6) is 0.513. The van der Waals surface area contributed by atoms with Crippen molar-refractivity contribution in [3.8, 4) is 5.75 Å². The summed E-state index contributed by atoms with van der Waals surface area (Å²) in [5, 5.41) is 10.1. The van der Waals surface area contributed by atoms with Gasteiger partial charge in [0.05, 0.1) is 7.11 Å². The highest BCUT2D eigenvalue weighted by Gasteiger charge is 2.33. The van der Waals surface area contributed by atoms with Gasteiger partial charge in [0.1, 0.15) is 11.8 Å². The Hall–Kier alpha value is -1.26. The standard InChI is InChI=1S/C16H22ClNO3/c1-3-11-6-7-18(14(8-11)16(19)20)10-12-9-13(17)4-5-15(12)21-2/h4-5,9,11,14H,3,6-8,10H2,1-2H3,(H,19,20). The lowest BCUT2D eigenvalue weighted by Gasteiger charge is -2.37. The van der Waals surface area contributed by atoms with Crippen molar-refractivity contribution in [3.05, 3.63) is 28.8 Å². The highest BCUT2D eigenvalue weighted by molar-refractivity contribution is 6.30. The molecule has 0 amide bonds. The van der Waals surface area contributed by atoms with Crippen LogP contribution < -0.4 is 4.74 Å². The monoisotopic (exact) mass is 311 g/mol. The minimum atomic E-state index is -0.742. The van der Waals surface area contributed by atoms with E-state index in [-0.39, 0.29) is 0 Å². The van der Waals surface area contributed by atoms with Gasteiger partial charge in [-0.25, -0.2) is 0 Å². The van der Waals surface area contributed by atoms with Crippen molar-refractivity contribution in [1.29, 1.82) is 0 Å². The molecule has 1 aliphatic rings. The molecule has 1 fully saturated rings. The van der Waals surface area contributed by atoms with Crippen LogP contribution in [0.25, 0.3) is 0 Å². The van der Waals surface area contributed by atoms with E-state index in [0.717, 1.165) is 30.7 Å². The zero-order valence-corrected chi connectivity index (χ0v) is 13.3. The van der Waals surface area contributed by atoms with Crippen LogP contribution in [0.1, 0.15) is 31.7 Å².